The number of benzene rings is 1. The number of alkyl halides is 3. The standard InChI is InChI=1S/C11H12F3NO3/c1-10(18-2,7-11(12,13)14)8-4-3-5-9(6-8)15(16)17/h3-6H,7H2,1-2H3. The van der Waals surface area contributed by atoms with E-state index in [4.69, 9.17) is 4.74 Å². The van der Waals surface area contributed by atoms with Gasteiger partial charge in [-0.15, -0.1) is 0 Å². The molecule has 0 spiro atoms. The number of methoxy groups -OCH3 is 1. The zero-order valence-corrected chi connectivity index (χ0v) is 9.82. The van der Waals surface area contributed by atoms with Crippen molar-refractivity contribution in [1.82, 2.24) is 0 Å². The SMILES string of the molecule is COC(C)(CC(F)(F)F)c1cccc([N+](=O)[O-])c1. The van der Waals surface area contributed by atoms with Crippen LogP contribution in [0.25, 0.3) is 0 Å². The Morgan fingerprint density at radius 3 is 2.44 bits per heavy atom. The quantitative estimate of drug-likeness (QED) is 0.617. The normalized spacial score (nSPS) is 15.2. The maximum atomic E-state index is 12.5. The van der Waals surface area contributed by atoms with Gasteiger partial charge in [-0.1, -0.05) is 12.1 Å². The van der Waals surface area contributed by atoms with Crippen molar-refractivity contribution < 1.29 is 22.8 Å². The van der Waals surface area contributed by atoms with Gasteiger partial charge >= 0.3 is 6.18 Å². The first kappa shape index (κ1) is 14.4. The summed E-state index contributed by atoms with van der Waals surface area (Å²) in [5.74, 6) is 0. The highest BCUT2D eigenvalue weighted by Crippen LogP contribution is 2.37. The van der Waals surface area contributed by atoms with Gasteiger partial charge in [-0.05, 0) is 12.5 Å². The average molecular weight is 263 g/mol. The summed E-state index contributed by atoms with van der Waals surface area (Å²) in [6, 6.07) is 5.02. The van der Waals surface area contributed by atoms with E-state index in [2.05, 4.69) is 0 Å². The molecule has 18 heavy (non-hydrogen) atoms. The van der Waals surface area contributed by atoms with Gasteiger partial charge in [0.15, 0.2) is 0 Å². The lowest BCUT2D eigenvalue weighted by Crippen LogP contribution is -2.31. The second-order valence-corrected chi connectivity index (χ2v) is 4.03. The van der Waals surface area contributed by atoms with E-state index in [1.165, 1.54) is 25.1 Å². The predicted octanol–water partition coefficient (Wildman–Crippen LogP) is 3.41. The van der Waals surface area contributed by atoms with Crippen LogP contribution in [0.2, 0.25) is 0 Å². The first-order valence-electron chi connectivity index (χ1n) is 5.05. The Kier molecular flexibility index (Phi) is 3.95. The van der Waals surface area contributed by atoms with Gasteiger partial charge in [-0.25, -0.2) is 0 Å². The van der Waals surface area contributed by atoms with Crippen molar-refractivity contribution in [3.8, 4) is 0 Å². The summed E-state index contributed by atoms with van der Waals surface area (Å²) in [4.78, 5) is 9.94. The molecule has 0 aromatic heterocycles. The van der Waals surface area contributed by atoms with E-state index >= 15 is 0 Å². The minimum Gasteiger partial charge on any atom is -0.373 e. The number of rotatable bonds is 4. The molecule has 0 amide bonds. The number of ether oxygens (including phenoxy) is 1. The molecule has 0 bridgehead atoms. The van der Waals surface area contributed by atoms with Crippen molar-refractivity contribution in [3.63, 3.8) is 0 Å². The van der Waals surface area contributed by atoms with Gasteiger partial charge in [0, 0.05) is 19.2 Å². The zero-order chi connectivity index (χ0) is 14.0. The van der Waals surface area contributed by atoms with Crippen LogP contribution in [0.15, 0.2) is 24.3 Å². The van der Waals surface area contributed by atoms with Gasteiger partial charge in [0.2, 0.25) is 0 Å². The Morgan fingerprint density at radius 1 is 1.39 bits per heavy atom. The lowest BCUT2D eigenvalue weighted by atomic mass is 9.91. The molecule has 7 heteroatoms. The average Bonchev–Trinajstić information content (AvgIpc) is 2.27. The van der Waals surface area contributed by atoms with Crippen LogP contribution in [-0.2, 0) is 10.3 Å². The number of nitro groups is 1. The fourth-order valence-electron chi connectivity index (χ4n) is 1.62. The molecule has 0 radical (unpaired) electrons. The van der Waals surface area contributed by atoms with Gasteiger partial charge in [0.1, 0.15) is 0 Å². The molecule has 1 aromatic carbocycles. The van der Waals surface area contributed by atoms with Gasteiger partial charge in [0.05, 0.1) is 16.9 Å². The Bertz CT molecular complexity index is 447. The summed E-state index contributed by atoms with van der Waals surface area (Å²) < 4.78 is 42.3. The van der Waals surface area contributed by atoms with E-state index < -0.39 is 23.1 Å². The minimum atomic E-state index is -4.42. The molecule has 0 fully saturated rings. The number of non-ortho nitro benzene ring substituents is 1. The van der Waals surface area contributed by atoms with E-state index in [9.17, 15) is 23.3 Å². The molecule has 0 heterocycles. The lowest BCUT2D eigenvalue weighted by Gasteiger charge is -2.29. The molecule has 1 unspecified atom stereocenters. The number of nitrogens with zero attached hydrogens (tertiary/aromatic N) is 1. The molecular formula is C11H12F3NO3. The van der Waals surface area contributed by atoms with Crippen molar-refractivity contribution in [2.75, 3.05) is 7.11 Å². The van der Waals surface area contributed by atoms with Crippen molar-refractivity contribution in [3.05, 3.63) is 39.9 Å². The highest BCUT2D eigenvalue weighted by atomic mass is 19.4. The molecule has 0 aliphatic carbocycles. The highest BCUT2D eigenvalue weighted by molar-refractivity contribution is 5.37. The zero-order valence-electron chi connectivity index (χ0n) is 9.82. The first-order chi connectivity index (χ1) is 8.18. The molecule has 1 atom stereocenters. The summed E-state index contributed by atoms with van der Waals surface area (Å²) in [6.45, 7) is 1.25. The van der Waals surface area contributed by atoms with Crippen LogP contribution < -0.4 is 0 Å². The minimum absolute atomic E-state index is 0.122. The second-order valence-electron chi connectivity index (χ2n) is 4.03. The molecule has 1 aromatic rings. The third-order valence-corrected chi connectivity index (χ3v) is 2.66. The predicted molar refractivity (Wildman–Crippen MR) is 58.1 cm³/mol. The summed E-state index contributed by atoms with van der Waals surface area (Å²) in [5.41, 5.74) is -1.78. The first-order valence-corrected chi connectivity index (χ1v) is 5.05. The van der Waals surface area contributed by atoms with Crippen LogP contribution in [0.5, 0.6) is 0 Å². The number of nitro benzene ring substituents is 1. The molecule has 100 valence electrons. The molecule has 1 rings (SSSR count). The molecule has 0 aliphatic rings. The van der Waals surface area contributed by atoms with Gasteiger partial charge in [0.25, 0.3) is 5.69 Å². The number of hydrogen-bond acceptors (Lipinski definition) is 3. The Hall–Kier alpha value is -1.63. The topological polar surface area (TPSA) is 52.4 Å². The fraction of sp³-hybridized carbons (Fsp3) is 0.455. The van der Waals surface area contributed by atoms with Crippen LogP contribution in [0.3, 0.4) is 0 Å². The molecule has 0 saturated carbocycles. The van der Waals surface area contributed by atoms with Gasteiger partial charge < -0.3 is 4.74 Å². The number of halogens is 3. The van der Waals surface area contributed by atoms with Crippen molar-refractivity contribution in [1.29, 1.82) is 0 Å². The van der Waals surface area contributed by atoms with Crippen LogP contribution in [0, 0.1) is 10.1 Å². The van der Waals surface area contributed by atoms with Crippen molar-refractivity contribution in [2.24, 2.45) is 0 Å². The van der Waals surface area contributed by atoms with Gasteiger partial charge in [-0.3, -0.25) is 10.1 Å². The highest BCUT2D eigenvalue weighted by Gasteiger charge is 2.41. The molecule has 0 N–H and O–H groups in total. The third-order valence-electron chi connectivity index (χ3n) is 2.66. The van der Waals surface area contributed by atoms with Crippen LogP contribution >= 0.6 is 0 Å². The molecule has 0 aliphatic heterocycles. The van der Waals surface area contributed by atoms with E-state index in [1.54, 1.807) is 0 Å². The lowest BCUT2D eigenvalue weighted by molar-refractivity contribution is -0.385. The fourth-order valence-corrected chi connectivity index (χ4v) is 1.62. The Balaban J connectivity index is 3.15. The van der Waals surface area contributed by atoms with Crippen LogP contribution in [-0.4, -0.2) is 18.2 Å². The van der Waals surface area contributed by atoms with E-state index in [0.717, 1.165) is 13.2 Å². The molecule has 4 nitrogen and oxygen atoms in total. The second kappa shape index (κ2) is 4.93. The summed E-state index contributed by atoms with van der Waals surface area (Å²) >= 11 is 0. The summed E-state index contributed by atoms with van der Waals surface area (Å²) in [7, 11) is 1.14. The largest absolute Gasteiger partial charge is 0.392 e. The number of hydrogen-bond donors (Lipinski definition) is 0. The monoisotopic (exact) mass is 263 g/mol. The summed E-state index contributed by atoms with van der Waals surface area (Å²) in [5, 5.41) is 10.6. The smallest absolute Gasteiger partial charge is 0.373 e. The summed E-state index contributed by atoms with van der Waals surface area (Å²) in [6.07, 6.45) is -5.63. The van der Waals surface area contributed by atoms with E-state index in [-0.39, 0.29) is 11.3 Å². The maximum Gasteiger partial charge on any atom is 0.392 e. The van der Waals surface area contributed by atoms with Crippen molar-refractivity contribution in [2.45, 2.75) is 25.1 Å². The van der Waals surface area contributed by atoms with Gasteiger partial charge in [-0.2, -0.15) is 13.2 Å². The third kappa shape index (κ3) is 3.43. The Morgan fingerprint density at radius 2 is 2.00 bits per heavy atom. The van der Waals surface area contributed by atoms with E-state index in [0.29, 0.717) is 0 Å². The molecular weight excluding hydrogens is 251 g/mol. The van der Waals surface area contributed by atoms with Crippen LogP contribution in [0.1, 0.15) is 18.9 Å². The van der Waals surface area contributed by atoms with Crippen molar-refractivity contribution >= 4 is 5.69 Å². The Labute approximate surface area is 102 Å². The van der Waals surface area contributed by atoms with E-state index in [1.807, 2.05) is 0 Å². The molecule has 0 saturated heterocycles. The van der Waals surface area contributed by atoms with Crippen LogP contribution in [0.4, 0.5) is 18.9 Å². The maximum absolute atomic E-state index is 12.5.